The minimum absolute atomic E-state index is 0.0388. The molecule has 118 valence electrons. The van der Waals surface area contributed by atoms with Crippen LogP contribution in [0.25, 0.3) is 0 Å². The number of hydrogen-bond acceptors (Lipinski definition) is 6. The van der Waals surface area contributed by atoms with E-state index in [0.29, 0.717) is 12.2 Å². The van der Waals surface area contributed by atoms with E-state index < -0.39 is 11.9 Å². The SMILES string of the molecule is CCCCCCCn1nnc(C(=O)OC)c1CC(=O)OC. The van der Waals surface area contributed by atoms with Crippen molar-refractivity contribution in [2.75, 3.05) is 14.2 Å². The zero-order valence-corrected chi connectivity index (χ0v) is 12.9. The molecule has 1 aromatic rings. The third-order valence-electron chi connectivity index (χ3n) is 3.23. The van der Waals surface area contributed by atoms with Crippen LogP contribution in [0.5, 0.6) is 0 Å². The minimum Gasteiger partial charge on any atom is -0.469 e. The van der Waals surface area contributed by atoms with Crippen molar-refractivity contribution in [3.05, 3.63) is 11.4 Å². The summed E-state index contributed by atoms with van der Waals surface area (Å²) in [5, 5.41) is 7.77. The maximum Gasteiger partial charge on any atom is 0.360 e. The third-order valence-corrected chi connectivity index (χ3v) is 3.23. The molecule has 7 nitrogen and oxygen atoms in total. The Balaban J connectivity index is 2.75. The average Bonchev–Trinajstić information content (AvgIpc) is 2.89. The fraction of sp³-hybridized carbons (Fsp3) is 0.714. The van der Waals surface area contributed by atoms with Crippen molar-refractivity contribution in [1.29, 1.82) is 0 Å². The number of unbranched alkanes of at least 4 members (excludes halogenated alkanes) is 4. The highest BCUT2D eigenvalue weighted by Crippen LogP contribution is 2.11. The molecule has 0 aliphatic heterocycles. The molecular weight excluding hydrogens is 274 g/mol. The van der Waals surface area contributed by atoms with E-state index in [0.717, 1.165) is 12.8 Å². The first-order valence-corrected chi connectivity index (χ1v) is 7.21. The number of aromatic nitrogens is 3. The van der Waals surface area contributed by atoms with Crippen LogP contribution in [-0.2, 0) is 27.2 Å². The van der Waals surface area contributed by atoms with E-state index in [-0.39, 0.29) is 12.1 Å². The second-order valence-corrected chi connectivity index (χ2v) is 4.77. The van der Waals surface area contributed by atoms with Gasteiger partial charge in [0.15, 0.2) is 5.69 Å². The first-order valence-electron chi connectivity index (χ1n) is 7.21. The molecule has 0 radical (unpaired) electrons. The van der Waals surface area contributed by atoms with Crippen molar-refractivity contribution >= 4 is 11.9 Å². The molecule has 0 saturated carbocycles. The van der Waals surface area contributed by atoms with E-state index in [1.54, 1.807) is 4.68 Å². The number of ether oxygens (including phenoxy) is 2. The van der Waals surface area contributed by atoms with Gasteiger partial charge in [0.05, 0.1) is 26.3 Å². The molecule has 0 bridgehead atoms. The monoisotopic (exact) mass is 297 g/mol. The molecule has 0 spiro atoms. The molecule has 0 saturated heterocycles. The molecule has 0 unspecified atom stereocenters. The van der Waals surface area contributed by atoms with E-state index in [1.807, 2.05) is 0 Å². The van der Waals surface area contributed by atoms with Crippen LogP contribution in [0.4, 0.5) is 0 Å². The smallest absolute Gasteiger partial charge is 0.360 e. The molecule has 7 heteroatoms. The largest absolute Gasteiger partial charge is 0.469 e. The summed E-state index contributed by atoms with van der Waals surface area (Å²) in [4.78, 5) is 23.1. The molecule has 0 aliphatic rings. The lowest BCUT2D eigenvalue weighted by Gasteiger charge is -2.06. The molecule has 21 heavy (non-hydrogen) atoms. The summed E-state index contributed by atoms with van der Waals surface area (Å²) >= 11 is 0. The Hall–Kier alpha value is -1.92. The Bertz CT molecular complexity index is 471. The molecule has 0 fully saturated rings. The standard InChI is InChI=1S/C14H23N3O4/c1-4-5-6-7-8-9-17-11(10-12(18)20-2)13(15-16-17)14(19)21-3/h4-10H2,1-3H3. The maximum atomic E-state index is 11.6. The van der Waals surface area contributed by atoms with Gasteiger partial charge in [-0.05, 0) is 6.42 Å². The van der Waals surface area contributed by atoms with Crippen molar-refractivity contribution in [3.8, 4) is 0 Å². The maximum absolute atomic E-state index is 11.6. The van der Waals surface area contributed by atoms with Gasteiger partial charge in [0.1, 0.15) is 0 Å². The topological polar surface area (TPSA) is 83.3 Å². The first-order chi connectivity index (χ1) is 10.1. The average molecular weight is 297 g/mol. The molecule has 0 N–H and O–H groups in total. The Kier molecular flexibility index (Phi) is 7.42. The van der Waals surface area contributed by atoms with Crippen LogP contribution in [0.3, 0.4) is 0 Å². The van der Waals surface area contributed by atoms with Crippen LogP contribution in [0.15, 0.2) is 0 Å². The van der Waals surface area contributed by atoms with E-state index in [1.165, 1.54) is 33.5 Å². The van der Waals surface area contributed by atoms with Crippen molar-refractivity contribution < 1.29 is 19.1 Å². The Morgan fingerprint density at radius 1 is 1.10 bits per heavy atom. The van der Waals surface area contributed by atoms with Gasteiger partial charge < -0.3 is 9.47 Å². The van der Waals surface area contributed by atoms with Crippen LogP contribution < -0.4 is 0 Å². The zero-order chi connectivity index (χ0) is 15.7. The van der Waals surface area contributed by atoms with Crippen LogP contribution in [0.2, 0.25) is 0 Å². The molecule has 0 aliphatic carbocycles. The molecule has 0 atom stereocenters. The summed E-state index contributed by atoms with van der Waals surface area (Å²) in [6.07, 6.45) is 5.53. The summed E-state index contributed by atoms with van der Waals surface area (Å²) in [6, 6.07) is 0. The van der Waals surface area contributed by atoms with Gasteiger partial charge in [-0.2, -0.15) is 0 Å². The van der Waals surface area contributed by atoms with Gasteiger partial charge in [0, 0.05) is 6.54 Å². The van der Waals surface area contributed by atoms with E-state index in [9.17, 15) is 9.59 Å². The molecule has 1 aromatic heterocycles. The normalized spacial score (nSPS) is 10.4. The first kappa shape index (κ1) is 17.1. The van der Waals surface area contributed by atoms with Gasteiger partial charge in [0.2, 0.25) is 0 Å². The number of aryl methyl sites for hydroxylation is 1. The zero-order valence-electron chi connectivity index (χ0n) is 12.9. The molecule has 1 heterocycles. The number of esters is 2. The third kappa shape index (κ3) is 5.17. The van der Waals surface area contributed by atoms with Crippen LogP contribution in [-0.4, -0.2) is 41.2 Å². The molecular formula is C14H23N3O4. The second kappa shape index (κ2) is 9.10. The van der Waals surface area contributed by atoms with Gasteiger partial charge >= 0.3 is 11.9 Å². The highest BCUT2D eigenvalue weighted by Gasteiger charge is 2.22. The summed E-state index contributed by atoms with van der Waals surface area (Å²) in [6.45, 7) is 2.79. The lowest BCUT2D eigenvalue weighted by atomic mass is 10.1. The fourth-order valence-corrected chi connectivity index (χ4v) is 2.02. The number of nitrogens with zero attached hydrogens (tertiary/aromatic N) is 3. The lowest BCUT2D eigenvalue weighted by molar-refractivity contribution is -0.139. The predicted molar refractivity (Wildman–Crippen MR) is 75.8 cm³/mol. The van der Waals surface area contributed by atoms with Gasteiger partial charge in [-0.15, -0.1) is 5.10 Å². The molecule has 0 amide bonds. The highest BCUT2D eigenvalue weighted by atomic mass is 16.5. The number of rotatable bonds is 9. The van der Waals surface area contributed by atoms with Gasteiger partial charge in [0.25, 0.3) is 0 Å². The number of hydrogen-bond donors (Lipinski definition) is 0. The van der Waals surface area contributed by atoms with Gasteiger partial charge in [-0.1, -0.05) is 37.8 Å². The van der Waals surface area contributed by atoms with Crippen molar-refractivity contribution in [2.45, 2.75) is 52.0 Å². The van der Waals surface area contributed by atoms with Crippen molar-refractivity contribution in [2.24, 2.45) is 0 Å². The molecule has 1 rings (SSSR count). The number of carbonyl (C=O) groups is 2. The van der Waals surface area contributed by atoms with Crippen LogP contribution >= 0.6 is 0 Å². The van der Waals surface area contributed by atoms with E-state index in [4.69, 9.17) is 0 Å². The van der Waals surface area contributed by atoms with Crippen molar-refractivity contribution in [1.82, 2.24) is 15.0 Å². The number of methoxy groups -OCH3 is 2. The quantitative estimate of drug-likeness (QED) is 0.510. The number of carbonyl (C=O) groups excluding carboxylic acids is 2. The summed E-state index contributed by atoms with van der Waals surface area (Å²) in [5.41, 5.74) is 0.528. The van der Waals surface area contributed by atoms with Crippen LogP contribution in [0, 0.1) is 0 Å². The Labute approximate surface area is 124 Å². The lowest BCUT2D eigenvalue weighted by Crippen LogP contribution is -2.15. The van der Waals surface area contributed by atoms with Gasteiger partial charge in [-0.25, -0.2) is 9.48 Å². The fourth-order valence-electron chi connectivity index (χ4n) is 2.02. The second-order valence-electron chi connectivity index (χ2n) is 4.77. The summed E-state index contributed by atoms with van der Waals surface area (Å²) < 4.78 is 10.9. The van der Waals surface area contributed by atoms with Crippen LogP contribution in [0.1, 0.15) is 55.2 Å². The Morgan fingerprint density at radius 2 is 1.81 bits per heavy atom. The van der Waals surface area contributed by atoms with Gasteiger partial charge in [-0.3, -0.25) is 4.79 Å². The molecule has 0 aromatic carbocycles. The van der Waals surface area contributed by atoms with Crippen molar-refractivity contribution in [3.63, 3.8) is 0 Å². The summed E-state index contributed by atoms with van der Waals surface area (Å²) in [7, 11) is 2.58. The minimum atomic E-state index is -0.592. The summed E-state index contributed by atoms with van der Waals surface area (Å²) in [5.74, 6) is -1.03. The van der Waals surface area contributed by atoms with E-state index in [2.05, 4.69) is 26.7 Å². The highest BCUT2D eigenvalue weighted by molar-refractivity contribution is 5.89. The van der Waals surface area contributed by atoms with E-state index >= 15 is 0 Å². The Morgan fingerprint density at radius 3 is 2.43 bits per heavy atom. The predicted octanol–water partition coefficient (Wildman–Crippen LogP) is 1.75.